The number of rotatable bonds is 6. The Labute approximate surface area is 122 Å². The monoisotopic (exact) mass is 293 g/mol. The maximum atomic E-state index is 12.5. The van der Waals surface area contributed by atoms with Crippen molar-refractivity contribution < 1.29 is 13.9 Å². The minimum absolute atomic E-state index is 0.135. The van der Waals surface area contributed by atoms with Crippen molar-refractivity contribution in [2.75, 3.05) is 20.3 Å². The molecule has 1 aromatic carbocycles. The van der Waals surface area contributed by atoms with Crippen molar-refractivity contribution in [3.05, 3.63) is 59.0 Å². The lowest BCUT2D eigenvalue weighted by molar-refractivity contribution is 0.0666. The molecule has 0 fully saturated rings. The summed E-state index contributed by atoms with van der Waals surface area (Å²) < 4.78 is 10.3. The zero-order valence-electron chi connectivity index (χ0n) is 11.2. The SMILES string of the molecule is COCCN(Cc1ccco1)C(=O)c1ccccc1Cl. The van der Waals surface area contributed by atoms with Gasteiger partial charge in [-0.3, -0.25) is 4.79 Å². The molecule has 0 unspecified atom stereocenters. The lowest BCUT2D eigenvalue weighted by Crippen LogP contribution is -2.33. The molecule has 0 aliphatic carbocycles. The standard InChI is InChI=1S/C15H16ClNO3/c1-19-10-8-17(11-12-5-4-9-20-12)15(18)13-6-2-3-7-14(13)16/h2-7,9H,8,10-11H2,1H3. The van der Waals surface area contributed by atoms with Crippen LogP contribution in [0.2, 0.25) is 5.02 Å². The number of carbonyl (C=O) groups is 1. The van der Waals surface area contributed by atoms with E-state index in [0.717, 1.165) is 5.76 Å². The highest BCUT2D eigenvalue weighted by Gasteiger charge is 2.19. The molecule has 0 N–H and O–H groups in total. The Morgan fingerprint density at radius 1 is 1.30 bits per heavy atom. The van der Waals surface area contributed by atoms with Crippen LogP contribution in [0.4, 0.5) is 0 Å². The van der Waals surface area contributed by atoms with Gasteiger partial charge in [0.15, 0.2) is 0 Å². The lowest BCUT2D eigenvalue weighted by Gasteiger charge is -2.21. The number of carbonyl (C=O) groups excluding carboxylic acids is 1. The van der Waals surface area contributed by atoms with E-state index >= 15 is 0 Å². The molecule has 0 spiro atoms. The Kier molecular flexibility index (Phi) is 5.21. The van der Waals surface area contributed by atoms with Crippen molar-refractivity contribution in [3.8, 4) is 0 Å². The van der Waals surface area contributed by atoms with Crippen molar-refractivity contribution >= 4 is 17.5 Å². The van der Waals surface area contributed by atoms with Crippen LogP contribution in [0.1, 0.15) is 16.1 Å². The van der Waals surface area contributed by atoms with Crippen molar-refractivity contribution in [2.45, 2.75) is 6.54 Å². The van der Waals surface area contributed by atoms with Crippen LogP contribution in [0, 0.1) is 0 Å². The summed E-state index contributed by atoms with van der Waals surface area (Å²) in [5.74, 6) is 0.588. The number of methoxy groups -OCH3 is 1. The minimum atomic E-state index is -0.135. The fourth-order valence-corrected chi connectivity index (χ4v) is 2.07. The molecule has 0 bridgehead atoms. The second-order valence-electron chi connectivity index (χ2n) is 4.28. The first-order chi connectivity index (χ1) is 9.72. The van der Waals surface area contributed by atoms with Crippen LogP contribution in [-0.2, 0) is 11.3 Å². The van der Waals surface area contributed by atoms with Crippen LogP contribution in [0.5, 0.6) is 0 Å². The van der Waals surface area contributed by atoms with E-state index in [1.54, 1.807) is 48.6 Å². The number of nitrogens with zero attached hydrogens (tertiary/aromatic N) is 1. The summed E-state index contributed by atoms with van der Waals surface area (Å²) in [7, 11) is 1.60. The molecule has 1 amide bonds. The summed E-state index contributed by atoms with van der Waals surface area (Å²) in [5.41, 5.74) is 0.483. The van der Waals surface area contributed by atoms with Gasteiger partial charge in [-0.05, 0) is 24.3 Å². The molecule has 0 aliphatic heterocycles. The Bertz CT molecular complexity index is 554. The number of furan rings is 1. The Morgan fingerprint density at radius 3 is 2.75 bits per heavy atom. The molecular weight excluding hydrogens is 278 g/mol. The van der Waals surface area contributed by atoms with E-state index in [-0.39, 0.29) is 5.91 Å². The maximum Gasteiger partial charge on any atom is 0.255 e. The number of ether oxygens (including phenoxy) is 1. The van der Waals surface area contributed by atoms with Gasteiger partial charge >= 0.3 is 0 Å². The molecule has 0 aliphatic rings. The number of hydrogen-bond acceptors (Lipinski definition) is 3. The van der Waals surface area contributed by atoms with Crippen molar-refractivity contribution in [1.82, 2.24) is 4.90 Å². The minimum Gasteiger partial charge on any atom is -0.467 e. The molecule has 1 aromatic heterocycles. The van der Waals surface area contributed by atoms with Gasteiger partial charge in [0.2, 0.25) is 0 Å². The lowest BCUT2D eigenvalue weighted by atomic mass is 10.2. The number of amides is 1. The summed E-state index contributed by atoms with van der Waals surface area (Å²) in [6, 6.07) is 10.6. The van der Waals surface area contributed by atoms with Crippen molar-refractivity contribution in [1.29, 1.82) is 0 Å². The largest absolute Gasteiger partial charge is 0.467 e. The average molecular weight is 294 g/mol. The van der Waals surface area contributed by atoms with Gasteiger partial charge in [0.1, 0.15) is 5.76 Å². The Balaban J connectivity index is 2.17. The topological polar surface area (TPSA) is 42.7 Å². The number of benzene rings is 1. The summed E-state index contributed by atoms with van der Waals surface area (Å²) in [5, 5.41) is 0.444. The molecule has 0 saturated heterocycles. The second kappa shape index (κ2) is 7.12. The van der Waals surface area contributed by atoms with Crippen LogP contribution in [0.15, 0.2) is 47.1 Å². The third-order valence-electron chi connectivity index (χ3n) is 2.88. The second-order valence-corrected chi connectivity index (χ2v) is 4.69. The smallest absolute Gasteiger partial charge is 0.255 e. The van der Waals surface area contributed by atoms with Crippen LogP contribution >= 0.6 is 11.6 Å². The fourth-order valence-electron chi connectivity index (χ4n) is 1.85. The third-order valence-corrected chi connectivity index (χ3v) is 3.21. The van der Waals surface area contributed by atoms with Crippen LogP contribution in [0.3, 0.4) is 0 Å². The van der Waals surface area contributed by atoms with E-state index in [0.29, 0.717) is 30.3 Å². The molecule has 106 valence electrons. The van der Waals surface area contributed by atoms with Crippen molar-refractivity contribution in [2.24, 2.45) is 0 Å². The van der Waals surface area contributed by atoms with Gasteiger partial charge in [-0.25, -0.2) is 0 Å². The van der Waals surface area contributed by atoms with E-state index in [2.05, 4.69) is 0 Å². The first kappa shape index (κ1) is 14.6. The summed E-state index contributed by atoms with van der Waals surface area (Å²) >= 11 is 6.08. The quantitative estimate of drug-likeness (QED) is 0.821. The van der Waals surface area contributed by atoms with Gasteiger partial charge in [0.25, 0.3) is 5.91 Å². The average Bonchev–Trinajstić information content (AvgIpc) is 2.96. The third kappa shape index (κ3) is 3.62. The molecular formula is C15H16ClNO3. The van der Waals surface area contributed by atoms with Gasteiger partial charge in [0, 0.05) is 13.7 Å². The first-order valence-corrected chi connectivity index (χ1v) is 6.65. The maximum absolute atomic E-state index is 12.5. The predicted octanol–water partition coefficient (Wildman–Crippen LogP) is 3.22. The van der Waals surface area contributed by atoms with E-state index in [4.69, 9.17) is 20.8 Å². The van der Waals surface area contributed by atoms with E-state index < -0.39 is 0 Å². The molecule has 1 heterocycles. The zero-order valence-corrected chi connectivity index (χ0v) is 12.0. The van der Waals surface area contributed by atoms with Gasteiger partial charge in [-0.15, -0.1) is 0 Å². The molecule has 2 rings (SSSR count). The fraction of sp³-hybridized carbons (Fsp3) is 0.267. The van der Waals surface area contributed by atoms with Gasteiger partial charge in [0.05, 0.1) is 30.0 Å². The molecule has 2 aromatic rings. The molecule has 0 atom stereocenters. The van der Waals surface area contributed by atoms with E-state index in [1.807, 2.05) is 6.07 Å². The molecule has 20 heavy (non-hydrogen) atoms. The van der Waals surface area contributed by atoms with Crippen LogP contribution in [0.25, 0.3) is 0 Å². The highest BCUT2D eigenvalue weighted by Crippen LogP contribution is 2.18. The molecule has 0 saturated carbocycles. The van der Waals surface area contributed by atoms with Gasteiger partial charge in [-0.2, -0.15) is 0 Å². The Hall–Kier alpha value is -1.78. The summed E-state index contributed by atoms with van der Waals surface area (Å²) in [6.45, 7) is 1.32. The highest BCUT2D eigenvalue weighted by molar-refractivity contribution is 6.33. The van der Waals surface area contributed by atoms with Crippen molar-refractivity contribution in [3.63, 3.8) is 0 Å². The zero-order chi connectivity index (χ0) is 14.4. The predicted molar refractivity (Wildman–Crippen MR) is 76.8 cm³/mol. The molecule has 0 radical (unpaired) electrons. The highest BCUT2D eigenvalue weighted by atomic mass is 35.5. The summed E-state index contributed by atoms with van der Waals surface area (Å²) in [6.07, 6.45) is 1.59. The van der Waals surface area contributed by atoms with E-state index in [1.165, 1.54) is 0 Å². The summed E-state index contributed by atoms with van der Waals surface area (Å²) in [4.78, 5) is 14.2. The van der Waals surface area contributed by atoms with Crippen LogP contribution in [-0.4, -0.2) is 31.1 Å². The molecule has 5 heteroatoms. The number of hydrogen-bond donors (Lipinski definition) is 0. The van der Waals surface area contributed by atoms with Gasteiger partial charge < -0.3 is 14.1 Å². The first-order valence-electron chi connectivity index (χ1n) is 6.27. The normalized spacial score (nSPS) is 10.5. The van der Waals surface area contributed by atoms with Gasteiger partial charge in [-0.1, -0.05) is 23.7 Å². The Morgan fingerprint density at radius 2 is 2.10 bits per heavy atom. The van der Waals surface area contributed by atoms with E-state index in [9.17, 15) is 4.79 Å². The molecule has 4 nitrogen and oxygen atoms in total. The number of halogens is 1. The van der Waals surface area contributed by atoms with Crippen LogP contribution < -0.4 is 0 Å².